The summed E-state index contributed by atoms with van der Waals surface area (Å²) >= 11 is 0. The van der Waals surface area contributed by atoms with Crippen LogP contribution in [0.15, 0.2) is 30.4 Å². The van der Waals surface area contributed by atoms with Crippen LogP contribution in [-0.2, 0) is 25.0 Å². The number of esters is 1. The number of hydrogen-bond donors (Lipinski definition) is 1. The lowest BCUT2D eigenvalue weighted by molar-refractivity contribution is -0.153. The Kier molecular flexibility index (Phi) is 8.94. The number of benzene rings is 1. The Morgan fingerprint density at radius 3 is 2.59 bits per heavy atom. The summed E-state index contributed by atoms with van der Waals surface area (Å²) in [5.74, 6) is -5.62. The van der Waals surface area contributed by atoms with Crippen molar-refractivity contribution in [2.45, 2.75) is 76.7 Å². The fourth-order valence-electron chi connectivity index (χ4n) is 5.95. The molecule has 2 aliphatic heterocycles. The maximum Gasteiger partial charge on any atom is 0.408 e. The molecule has 2 amide bonds. The van der Waals surface area contributed by atoms with Crippen LogP contribution in [0.3, 0.4) is 0 Å². The number of nitrogens with zero attached hydrogens (tertiary/aromatic N) is 3. The molecule has 3 heterocycles. The van der Waals surface area contributed by atoms with Gasteiger partial charge < -0.3 is 29.2 Å². The molecule has 1 aromatic heterocycles. The highest BCUT2D eigenvalue weighted by atomic mass is 19.3. The number of carbonyl (C=O) groups excluding carboxylic acids is 3. The molecule has 1 saturated heterocycles. The van der Waals surface area contributed by atoms with Gasteiger partial charge in [0.25, 0.3) is 5.92 Å². The number of alkyl carbamates (subject to hydrolysis) is 1. The van der Waals surface area contributed by atoms with E-state index in [0.717, 1.165) is 0 Å². The quantitative estimate of drug-likeness (QED) is 0.393. The number of halogens is 2. The molecule has 3 aliphatic rings. The van der Waals surface area contributed by atoms with Gasteiger partial charge in [-0.25, -0.2) is 19.6 Å². The molecule has 2 bridgehead atoms. The topological polar surface area (TPSA) is 129 Å². The fraction of sp³-hybridized carbons (Fsp3) is 0.581. The summed E-state index contributed by atoms with van der Waals surface area (Å²) in [5.41, 5.74) is -0.132. The van der Waals surface area contributed by atoms with Gasteiger partial charge in [-0.15, -0.1) is 0 Å². The van der Waals surface area contributed by atoms with Crippen molar-refractivity contribution < 1.29 is 42.1 Å². The molecule has 2 fully saturated rings. The minimum Gasteiger partial charge on any atom is -0.497 e. The first-order valence-electron chi connectivity index (χ1n) is 14.9. The Morgan fingerprint density at radius 2 is 1.91 bits per heavy atom. The largest absolute Gasteiger partial charge is 0.497 e. The number of rotatable bonds is 4. The third-order valence-electron chi connectivity index (χ3n) is 8.54. The number of fused-ring (bicyclic) bond motifs is 5. The second-order valence-corrected chi connectivity index (χ2v) is 11.8. The number of hydrogen-bond acceptors (Lipinski definition) is 9. The number of nitrogens with one attached hydrogen (secondary N) is 1. The van der Waals surface area contributed by atoms with E-state index in [1.54, 1.807) is 45.0 Å². The van der Waals surface area contributed by atoms with Crippen molar-refractivity contribution in [2.75, 3.05) is 20.8 Å². The predicted molar refractivity (Wildman–Crippen MR) is 154 cm³/mol. The molecule has 238 valence electrons. The molecule has 1 aliphatic carbocycles. The number of aromatic nitrogens is 2. The van der Waals surface area contributed by atoms with Crippen LogP contribution in [0.1, 0.15) is 52.1 Å². The number of alkyl halides is 2. The summed E-state index contributed by atoms with van der Waals surface area (Å²) < 4.78 is 53.8. The average Bonchev–Trinajstić information content (AvgIpc) is 3.63. The third kappa shape index (κ3) is 6.27. The monoisotopic (exact) mass is 616 g/mol. The second kappa shape index (κ2) is 12.5. The molecule has 11 nitrogen and oxygen atoms in total. The molecule has 5 rings (SSSR count). The van der Waals surface area contributed by atoms with E-state index in [0.29, 0.717) is 25.0 Å². The molecule has 1 N–H and O–H groups in total. The molecule has 1 aromatic carbocycles. The minimum absolute atomic E-state index is 0.0135. The van der Waals surface area contributed by atoms with E-state index in [2.05, 4.69) is 15.3 Å². The summed E-state index contributed by atoms with van der Waals surface area (Å²) in [4.78, 5) is 49.9. The van der Waals surface area contributed by atoms with Crippen molar-refractivity contribution in [3.8, 4) is 11.6 Å². The number of allylic oxidation sites excluding steroid dienone is 2. The summed E-state index contributed by atoms with van der Waals surface area (Å²) in [7, 11) is 2.69. The van der Waals surface area contributed by atoms with Gasteiger partial charge in [0.05, 0.1) is 31.8 Å². The van der Waals surface area contributed by atoms with Crippen LogP contribution in [0.2, 0.25) is 0 Å². The molecule has 0 spiro atoms. The third-order valence-corrected chi connectivity index (χ3v) is 8.54. The van der Waals surface area contributed by atoms with Crippen LogP contribution in [0.5, 0.6) is 11.6 Å². The van der Waals surface area contributed by atoms with Crippen LogP contribution in [0, 0.1) is 17.8 Å². The average molecular weight is 617 g/mol. The Labute approximate surface area is 254 Å². The summed E-state index contributed by atoms with van der Waals surface area (Å²) in [6.07, 6.45) is 1.70. The van der Waals surface area contributed by atoms with Gasteiger partial charge in [-0.1, -0.05) is 32.9 Å². The first-order valence-corrected chi connectivity index (χ1v) is 14.9. The second-order valence-electron chi connectivity index (χ2n) is 11.8. The van der Waals surface area contributed by atoms with Crippen molar-refractivity contribution in [1.82, 2.24) is 20.2 Å². The molecular weight excluding hydrogens is 578 g/mol. The van der Waals surface area contributed by atoms with Gasteiger partial charge in [0.2, 0.25) is 11.8 Å². The molecule has 0 radical (unpaired) electrons. The molecular formula is C31H38F2N4O7. The summed E-state index contributed by atoms with van der Waals surface area (Å²) in [6, 6.07) is 2.62. The van der Waals surface area contributed by atoms with Gasteiger partial charge in [0.15, 0.2) is 5.69 Å². The maximum atomic E-state index is 15.9. The van der Waals surface area contributed by atoms with Gasteiger partial charge in [0, 0.05) is 24.3 Å². The highest BCUT2D eigenvalue weighted by Gasteiger charge is 2.51. The maximum absolute atomic E-state index is 15.9. The molecule has 1 unspecified atom stereocenters. The summed E-state index contributed by atoms with van der Waals surface area (Å²) in [6.45, 7) is 5.20. The van der Waals surface area contributed by atoms with Gasteiger partial charge in [-0.05, 0) is 37.3 Å². The van der Waals surface area contributed by atoms with E-state index < -0.39 is 66.0 Å². The number of ether oxygens (including phenoxy) is 4. The molecule has 13 heteroatoms. The van der Waals surface area contributed by atoms with Crippen molar-refractivity contribution >= 4 is 29.0 Å². The zero-order valence-electron chi connectivity index (χ0n) is 25.4. The van der Waals surface area contributed by atoms with E-state index in [-0.39, 0.29) is 35.5 Å². The number of amides is 2. The Bertz CT molecular complexity index is 1450. The Hall–Kier alpha value is -4.03. The standard InChI is InChI=1S/C31H38F2N4O7/c1-6-19-23-15-37(25(19)29(39)42-5)28(38)24(16(2)3)36-30(40)44-22-13-17(22)9-7-8-12-31(32,33)26-27(43-23)35-21-14-18(41-4)10-11-20(21)34-26/h7-8,10-11,14,16-17,19,22-25H,6,9,12-13,15H2,1-5H3,(H,36,40)/t17-,19-,22?,23+,24+,25+/m1/s1. The first-order chi connectivity index (χ1) is 21.0. The molecule has 6 atom stereocenters. The van der Waals surface area contributed by atoms with E-state index in [1.807, 2.05) is 0 Å². The van der Waals surface area contributed by atoms with Crippen molar-refractivity contribution in [3.63, 3.8) is 0 Å². The van der Waals surface area contributed by atoms with Gasteiger partial charge >= 0.3 is 12.1 Å². The molecule has 44 heavy (non-hydrogen) atoms. The van der Waals surface area contributed by atoms with Crippen molar-refractivity contribution in [1.29, 1.82) is 0 Å². The van der Waals surface area contributed by atoms with Crippen LogP contribution < -0.4 is 14.8 Å². The predicted octanol–water partition coefficient (Wildman–Crippen LogP) is 4.38. The Balaban J connectivity index is 1.61. The van der Waals surface area contributed by atoms with E-state index in [9.17, 15) is 14.4 Å². The molecule has 2 aromatic rings. The zero-order valence-corrected chi connectivity index (χ0v) is 25.4. The number of carbonyl (C=O) groups is 3. The normalized spacial score (nSPS) is 28.6. The number of methoxy groups -OCH3 is 2. The summed E-state index contributed by atoms with van der Waals surface area (Å²) in [5, 5.41) is 2.68. The van der Waals surface area contributed by atoms with Gasteiger partial charge in [-0.2, -0.15) is 8.78 Å². The fourth-order valence-corrected chi connectivity index (χ4v) is 5.95. The SMILES string of the molecule is CC[C@@H]1[C@@H]2CN(C(=O)[C@H](C(C)C)NC(=O)OC3C[C@H]3CC=CCC(F)(F)c3nc4ccc(OC)cc4nc3O2)[C@@H]1C(=O)OC. The van der Waals surface area contributed by atoms with Crippen LogP contribution >= 0.6 is 0 Å². The van der Waals surface area contributed by atoms with Crippen LogP contribution in [-0.4, -0.2) is 77.9 Å². The van der Waals surface area contributed by atoms with Gasteiger partial charge in [0.1, 0.15) is 30.0 Å². The Morgan fingerprint density at radius 1 is 1.14 bits per heavy atom. The van der Waals surface area contributed by atoms with E-state index in [4.69, 9.17) is 18.9 Å². The highest BCUT2D eigenvalue weighted by Crippen LogP contribution is 2.41. The zero-order chi connectivity index (χ0) is 31.8. The van der Waals surface area contributed by atoms with Crippen LogP contribution in [0.4, 0.5) is 13.6 Å². The minimum atomic E-state index is -3.46. The molecule has 1 saturated carbocycles. The van der Waals surface area contributed by atoms with Crippen LogP contribution in [0.25, 0.3) is 11.0 Å². The van der Waals surface area contributed by atoms with Crippen molar-refractivity contribution in [3.05, 3.63) is 36.0 Å². The van der Waals surface area contributed by atoms with Crippen molar-refractivity contribution in [2.24, 2.45) is 17.8 Å². The lowest BCUT2D eigenvalue weighted by atomic mass is 9.94. The van der Waals surface area contributed by atoms with E-state index >= 15 is 8.78 Å². The first kappa shape index (κ1) is 31.4. The van der Waals surface area contributed by atoms with Gasteiger partial charge in [-0.3, -0.25) is 4.79 Å². The highest BCUT2D eigenvalue weighted by molar-refractivity contribution is 5.91. The lowest BCUT2D eigenvalue weighted by Crippen LogP contribution is -2.55. The lowest BCUT2D eigenvalue weighted by Gasteiger charge is -2.30. The smallest absolute Gasteiger partial charge is 0.408 e. The van der Waals surface area contributed by atoms with E-state index in [1.165, 1.54) is 25.2 Å².